The molecule has 0 radical (unpaired) electrons. The van der Waals surface area contributed by atoms with Crippen LogP contribution in [0.1, 0.15) is 12.5 Å². The number of nitrogens with one attached hydrogen (secondary N) is 1. The normalized spacial score (nSPS) is 12.4. The van der Waals surface area contributed by atoms with Crippen LogP contribution in [-0.4, -0.2) is 47.1 Å². The summed E-state index contributed by atoms with van der Waals surface area (Å²) in [6, 6.07) is 10.7. The highest BCUT2D eigenvalue weighted by Gasteiger charge is 2.29. The van der Waals surface area contributed by atoms with Gasteiger partial charge in [0, 0.05) is 10.0 Å². The molecule has 0 aliphatic rings. The Morgan fingerprint density at radius 1 is 1.17 bits per heavy atom. The lowest BCUT2D eigenvalue weighted by Crippen LogP contribution is -2.46. The van der Waals surface area contributed by atoms with Gasteiger partial charge in [-0.3, -0.25) is 9.10 Å². The van der Waals surface area contributed by atoms with Crippen molar-refractivity contribution >= 4 is 43.8 Å². The van der Waals surface area contributed by atoms with Crippen LogP contribution in [0, 0.1) is 0 Å². The van der Waals surface area contributed by atoms with Gasteiger partial charge in [0.2, 0.25) is 10.0 Å². The van der Waals surface area contributed by atoms with Gasteiger partial charge in [-0.25, -0.2) is 13.8 Å². The smallest absolute Gasteiger partial charge is 0.263 e. The standard InChI is InChI=1S/C19H22BrN3O5S/c1-13(23(29(4,25)26)16-6-8-17(27-2)9-7-16)19(24)22-21-12-14-11-15(20)5-10-18(14)28-3/h5-13H,1-4H3,(H,22,24)/b21-12-/t13-/m1/s1. The Labute approximate surface area is 178 Å². The van der Waals surface area contributed by atoms with E-state index in [1.165, 1.54) is 27.4 Å². The first kappa shape index (κ1) is 22.7. The monoisotopic (exact) mass is 483 g/mol. The summed E-state index contributed by atoms with van der Waals surface area (Å²) in [5.74, 6) is 0.568. The minimum atomic E-state index is -3.72. The van der Waals surface area contributed by atoms with Gasteiger partial charge < -0.3 is 9.47 Å². The van der Waals surface area contributed by atoms with Crippen LogP contribution in [0.4, 0.5) is 5.69 Å². The van der Waals surface area contributed by atoms with Gasteiger partial charge in [0.25, 0.3) is 5.91 Å². The lowest BCUT2D eigenvalue weighted by atomic mass is 10.2. The molecular weight excluding hydrogens is 462 g/mol. The highest BCUT2D eigenvalue weighted by atomic mass is 79.9. The number of sulfonamides is 1. The van der Waals surface area contributed by atoms with Crippen molar-refractivity contribution in [2.24, 2.45) is 5.10 Å². The number of amides is 1. The second-order valence-electron chi connectivity index (χ2n) is 6.05. The Kier molecular flexibility index (Phi) is 7.63. The molecule has 2 aromatic rings. The van der Waals surface area contributed by atoms with Crippen molar-refractivity contribution in [3.63, 3.8) is 0 Å². The highest BCUT2D eigenvalue weighted by Crippen LogP contribution is 2.24. The van der Waals surface area contributed by atoms with Crippen molar-refractivity contribution in [2.45, 2.75) is 13.0 Å². The molecule has 1 N–H and O–H groups in total. The fraction of sp³-hybridized carbons (Fsp3) is 0.263. The fourth-order valence-corrected chi connectivity index (χ4v) is 4.16. The summed E-state index contributed by atoms with van der Waals surface area (Å²) in [5, 5.41) is 3.93. The van der Waals surface area contributed by atoms with Crippen LogP contribution < -0.4 is 19.2 Å². The van der Waals surface area contributed by atoms with Crippen molar-refractivity contribution < 1.29 is 22.7 Å². The van der Waals surface area contributed by atoms with Gasteiger partial charge in [0.1, 0.15) is 17.5 Å². The summed E-state index contributed by atoms with van der Waals surface area (Å²) < 4.78 is 36.8. The second-order valence-corrected chi connectivity index (χ2v) is 8.83. The number of benzene rings is 2. The molecule has 0 spiro atoms. The van der Waals surface area contributed by atoms with Crippen LogP contribution in [0.3, 0.4) is 0 Å². The van der Waals surface area contributed by atoms with E-state index >= 15 is 0 Å². The summed E-state index contributed by atoms with van der Waals surface area (Å²) in [6.45, 7) is 1.48. The molecule has 1 atom stereocenters. The Balaban J connectivity index is 2.20. The van der Waals surface area contributed by atoms with Crippen LogP contribution in [0.15, 0.2) is 52.0 Å². The third kappa shape index (κ3) is 5.94. The number of halogens is 1. The van der Waals surface area contributed by atoms with E-state index in [1.54, 1.807) is 36.4 Å². The summed E-state index contributed by atoms with van der Waals surface area (Å²) in [4.78, 5) is 12.5. The number of hydrazone groups is 1. The third-order valence-electron chi connectivity index (χ3n) is 3.99. The number of carbonyl (C=O) groups excluding carboxylic acids is 1. The van der Waals surface area contributed by atoms with Gasteiger partial charge in [-0.15, -0.1) is 0 Å². The third-order valence-corrected chi connectivity index (χ3v) is 5.72. The van der Waals surface area contributed by atoms with Crippen molar-refractivity contribution in [1.82, 2.24) is 5.43 Å². The van der Waals surface area contributed by atoms with Crippen LogP contribution in [0.2, 0.25) is 0 Å². The molecule has 156 valence electrons. The largest absolute Gasteiger partial charge is 0.497 e. The first-order valence-electron chi connectivity index (χ1n) is 8.47. The average molecular weight is 484 g/mol. The molecule has 8 nitrogen and oxygen atoms in total. The molecule has 10 heteroatoms. The number of rotatable bonds is 8. The van der Waals surface area contributed by atoms with Crippen molar-refractivity contribution in [3.05, 3.63) is 52.5 Å². The summed E-state index contributed by atoms with van der Waals surface area (Å²) in [6.07, 6.45) is 2.46. The van der Waals surface area contributed by atoms with Gasteiger partial charge in [-0.1, -0.05) is 15.9 Å². The molecule has 0 saturated heterocycles. The van der Waals surface area contributed by atoms with Crippen LogP contribution >= 0.6 is 15.9 Å². The zero-order valence-corrected chi connectivity index (χ0v) is 18.8. The molecular formula is C19H22BrN3O5S. The van der Waals surface area contributed by atoms with Gasteiger partial charge in [0.15, 0.2) is 0 Å². The summed E-state index contributed by atoms with van der Waals surface area (Å²) >= 11 is 3.36. The van der Waals surface area contributed by atoms with Crippen LogP contribution in [0.5, 0.6) is 11.5 Å². The van der Waals surface area contributed by atoms with Crippen molar-refractivity contribution in [1.29, 1.82) is 0 Å². The predicted molar refractivity (Wildman–Crippen MR) is 116 cm³/mol. The second kappa shape index (κ2) is 9.75. The Morgan fingerprint density at radius 3 is 2.38 bits per heavy atom. The number of ether oxygens (including phenoxy) is 2. The zero-order chi connectivity index (χ0) is 21.6. The number of nitrogens with zero attached hydrogens (tertiary/aromatic N) is 2. The van der Waals surface area contributed by atoms with Crippen molar-refractivity contribution in [3.8, 4) is 11.5 Å². The maximum absolute atomic E-state index is 12.5. The molecule has 0 fully saturated rings. The number of hydrogen-bond acceptors (Lipinski definition) is 6. The average Bonchev–Trinajstić information content (AvgIpc) is 2.67. The maximum Gasteiger partial charge on any atom is 0.263 e. The Hall–Kier alpha value is -2.59. The molecule has 29 heavy (non-hydrogen) atoms. The van der Waals surface area contributed by atoms with E-state index in [0.717, 1.165) is 15.0 Å². The van der Waals surface area contributed by atoms with Gasteiger partial charge >= 0.3 is 0 Å². The molecule has 2 rings (SSSR count). The van der Waals surface area contributed by atoms with E-state index < -0.39 is 22.0 Å². The molecule has 0 heterocycles. The van der Waals surface area contributed by atoms with Crippen molar-refractivity contribution in [2.75, 3.05) is 24.8 Å². The van der Waals surface area contributed by atoms with Crippen LogP contribution in [0.25, 0.3) is 0 Å². The molecule has 1 amide bonds. The lowest BCUT2D eigenvalue weighted by molar-refractivity contribution is -0.121. The zero-order valence-electron chi connectivity index (χ0n) is 16.4. The minimum Gasteiger partial charge on any atom is -0.497 e. The van der Waals surface area contributed by atoms with E-state index in [4.69, 9.17) is 9.47 Å². The molecule has 0 bridgehead atoms. The molecule has 0 unspecified atom stereocenters. The van der Waals surface area contributed by atoms with E-state index in [9.17, 15) is 13.2 Å². The molecule has 0 saturated carbocycles. The van der Waals surface area contributed by atoms with E-state index in [0.29, 0.717) is 22.7 Å². The molecule has 0 aliphatic heterocycles. The van der Waals surface area contributed by atoms with E-state index in [1.807, 2.05) is 6.07 Å². The minimum absolute atomic E-state index is 0.341. The van der Waals surface area contributed by atoms with Gasteiger partial charge in [0.05, 0.1) is 32.4 Å². The number of carbonyl (C=O) groups is 1. The van der Waals surface area contributed by atoms with Crippen LogP contribution in [-0.2, 0) is 14.8 Å². The molecule has 0 aliphatic carbocycles. The van der Waals surface area contributed by atoms with Gasteiger partial charge in [-0.2, -0.15) is 5.10 Å². The lowest BCUT2D eigenvalue weighted by Gasteiger charge is -2.27. The topological polar surface area (TPSA) is 97.3 Å². The first-order chi connectivity index (χ1) is 13.7. The number of methoxy groups -OCH3 is 2. The molecule has 2 aromatic carbocycles. The van der Waals surface area contributed by atoms with E-state index in [-0.39, 0.29) is 0 Å². The fourth-order valence-electron chi connectivity index (χ4n) is 2.60. The summed E-state index contributed by atoms with van der Waals surface area (Å²) in [5.41, 5.74) is 3.36. The van der Waals surface area contributed by atoms with Gasteiger partial charge in [-0.05, 0) is 49.4 Å². The highest BCUT2D eigenvalue weighted by molar-refractivity contribution is 9.10. The quantitative estimate of drug-likeness (QED) is 0.459. The summed E-state index contributed by atoms with van der Waals surface area (Å²) in [7, 11) is -0.682. The predicted octanol–water partition coefficient (Wildman–Crippen LogP) is 2.77. The molecule has 0 aromatic heterocycles. The maximum atomic E-state index is 12.5. The Bertz CT molecular complexity index is 993. The van der Waals surface area contributed by atoms with E-state index in [2.05, 4.69) is 26.5 Å². The number of hydrogen-bond donors (Lipinski definition) is 1. The SMILES string of the molecule is COc1ccc(N([C@H](C)C(=O)N/N=C\c2cc(Br)ccc2OC)S(C)(=O)=O)cc1. The Morgan fingerprint density at radius 2 is 1.83 bits per heavy atom. The first-order valence-corrected chi connectivity index (χ1v) is 11.1. The number of anilines is 1.